The number of benzene rings is 2. The van der Waals surface area contributed by atoms with Crippen LogP contribution < -0.4 is 4.72 Å². The molecule has 1 atom stereocenters. The maximum atomic E-state index is 12.1. The van der Waals surface area contributed by atoms with E-state index in [2.05, 4.69) is 4.72 Å². The smallest absolute Gasteiger partial charge is 0.233 e. The van der Waals surface area contributed by atoms with E-state index >= 15 is 0 Å². The lowest BCUT2D eigenvalue weighted by atomic mass is 10.0. The van der Waals surface area contributed by atoms with Gasteiger partial charge in [-0.25, -0.2) is 13.1 Å². The van der Waals surface area contributed by atoms with Crippen LogP contribution in [0.15, 0.2) is 60.0 Å². The van der Waals surface area contributed by atoms with Crippen LogP contribution in [-0.4, -0.2) is 22.1 Å². The monoisotopic (exact) mass is 331 g/mol. The molecule has 0 bridgehead atoms. The molecule has 0 fully saturated rings. The van der Waals surface area contributed by atoms with Crippen molar-refractivity contribution in [2.45, 2.75) is 13.0 Å². The molecule has 2 rings (SSSR count). The molecule has 0 spiro atoms. The number of nitrogens with one attached hydrogen (secondary N) is 1. The standard InChI is InChI=1S/C18H21NO3S/c1-15-8-6-7-11-17(15)18(22-2)14-19-23(20,21)13-12-16-9-4-3-5-10-16/h3-13,18-19H,14H2,1-2H3. The van der Waals surface area contributed by atoms with Crippen LogP contribution in [0.2, 0.25) is 0 Å². The second-order valence-corrected chi connectivity index (χ2v) is 6.84. The van der Waals surface area contributed by atoms with E-state index in [0.29, 0.717) is 0 Å². The molecule has 122 valence electrons. The van der Waals surface area contributed by atoms with Gasteiger partial charge < -0.3 is 4.74 Å². The molecule has 1 unspecified atom stereocenters. The summed E-state index contributed by atoms with van der Waals surface area (Å²) in [6.07, 6.45) is 1.24. The summed E-state index contributed by atoms with van der Waals surface area (Å²) in [5, 5.41) is 1.17. The highest BCUT2D eigenvalue weighted by Crippen LogP contribution is 2.19. The van der Waals surface area contributed by atoms with Gasteiger partial charge in [-0.2, -0.15) is 0 Å². The fourth-order valence-electron chi connectivity index (χ4n) is 2.24. The van der Waals surface area contributed by atoms with Gasteiger partial charge in [-0.3, -0.25) is 0 Å². The molecule has 0 heterocycles. The summed E-state index contributed by atoms with van der Waals surface area (Å²) in [5.74, 6) is 0. The van der Waals surface area contributed by atoms with Crippen molar-refractivity contribution in [2.75, 3.05) is 13.7 Å². The van der Waals surface area contributed by atoms with Gasteiger partial charge in [0.2, 0.25) is 10.0 Å². The molecule has 0 aliphatic rings. The van der Waals surface area contributed by atoms with Crippen LogP contribution in [0, 0.1) is 6.92 Å². The van der Waals surface area contributed by atoms with E-state index in [-0.39, 0.29) is 12.6 Å². The number of rotatable bonds is 7. The molecule has 0 aliphatic heterocycles. The third kappa shape index (κ3) is 5.32. The molecule has 5 heteroatoms. The molecule has 0 saturated heterocycles. The Bertz CT molecular complexity index is 755. The Kier molecular flexibility index (Phi) is 6.10. The molecule has 0 aliphatic carbocycles. The average Bonchev–Trinajstić information content (AvgIpc) is 2.56. The molecule has 2 aromatic carbocycles. The van der Waals surface area contributed by atoms with E-state index in [1.54, 1.807) is 13.2 Å². The summed E-state index contributed by atoms with van der Waals surface area (Å²) in [6, 6.07) is 17.1. The maximum absolute atomic E-state index is 12.1. The minimum Gasteiger partial charge on any atom is -0.375 e. The summed E-state index contributed by atoms with van der Waals surface area (Å²) >= 11 is 0. The first-order valence-electron chi connectivity index (χ1n) is 7.33. The van der Waals surface area contributed by atoms with Gasteiger partial charge in [-0.1, -0.05) is 54.6 Å². The highest BCUT2D eigenvalue weighted by molar-refractivity contribution is 7.92. The van der Waals surface area contributed by atoms with Gasteiger partial charge in [0.1, 0.15) is 0 Å². The summed E-state index contributed by atoms with van der Waals surface area (Å²) in [5.41, 5.74) is 2.88. The topological polar surface area (TPSA) is 55.4 Å². The zero-order chi connectivity index (χ0) is 16.7. The van der Waals surface area contributed by atoms with E-state index in [1.165, 1.54) is 5.41 Å². The SMILES string of the molecule is COC(CNS(=O)(=O)C=Cc1ccccc1)c1ccccc1C. The van der Waals surface area contributed by atoms with Crippen LogP contribution in [0.25, 0.3) is 6.08 Å². The highest BCUT2D eigenvalue weighted by atomic mass is 32.2. The van der Waals surface area contributed by atoms with Crippen LogP contribution in [0.1, 0.15) is 22.8 Å². The number of hydrogen-bond acceptors (Lipinski definition) is 3. The third-order valence-corrected chi connectivity index (χ3v) is 4.59. The van der Waals surface area contributed by atoms with E-state index in [0.717, 1.165) is 16.7 Å². The fraction of sp³-hybridized carbons (Fsp3) is 0.222. The Morgan fingerprint density at radius 2 is 1.74 bits per heavy atom. The molecule has 4 nitrogen and oxygen atoms in total. The molecule has 1 N–H and O–H groups in total. The molecule has 0 radical (unpaired) electrons. The Labute approximate surface area is 137 Å². The first-order valence-corrected chi connectivity index (χ1v) is 8.87. The zero-order valence-corrected chi connectivity index (χ0v) is 14.1. The number of hydrogen-bond donors (Lipinski definition) is 1. The minimum absolute atomic E-state index is 0.183. The highest BCUT2D eigenvalue weighted by Gasteiger charge is 2.15. The molecule has 0 amide bonds. The summed E-state index contributed by atoms with van der Waals surface area (Å²) < 4.78 is 32.2. The van der Waals surface area contributed by atoms with Gasteiger partial charge in [0.15, 0.2) is 0 Å². The maximum Gasteiger partial charge on any atom is 0.233 e. The molecule has 0 saturated carbocycles. The minimum atomic E-state index is -3.52. The van der Waals surface area contributed by atoms with Gasteiger partial charge in [0, 0.05) is 19.1 Å². The largest absolute Gasteiger partial charge is 0.375 e. The molecule has 23 heavy (non-hydrogen) atoms. The van der Waals surface area contributed by atoms with Crippen LogP contribution in [0.3, 0.4) is 0 Å². The molecule has 0 aromatic heterocycles. The van der Waals surface area contributed by atoms with Crippen LogP contribution in [0.4, 0.5) is 0 Å². The van der Waals surface area contributed by atoms with Crippen molar-refractivity contribution in [1.82, 2.24) is 4.72 Å². The van der Waals surface area contributed by atoms with E-state index in [9.17, 15) is 8.42 Å². The second kappa shape index (κ2) is 8.06. The Hall–Kier alpha value is -1.95. The molecule has 2 aromatic rings. The van der Waals surface area contributed by atoms with Crippen molar-refractivity contribution in [3.63, 3.8) is 0 Å². The molecular weight excluding hydrogens is 310 g/mol. The van der Waals surface area contributed by atoms with Gasteiger partial charge >= 0.3 is 0 Å². The number of aryl methyl sites for hydroxylation is 1. The van der Waals surface area contributed by atoms with Gasteiger partial charge in [-0.15, -0.1) is 0 Å². The zero-order valence-electron chi connectivity index (χ0n) is 13.3. The summed E-state index contributed by atoms with van der Waals surface area (Å²) in [6.45, 7) is 2.16. The lowest BCUT2D eigenvalue weighted by Gasteiger charge is -2.18. The first-order chi connectivity index (χ1) is 11.0. The predicted molar refractivity (Wildman–Crippen MR) is 93.3 cm³/mol. The van der Waals surface area contributed by atoms with E-state index < -0.39 is 10.0 Å². The van der Waals surface area contributed by atoms with E-state index in [4.69, 9.17) is 4.74 Å². The van der Waals surface area contributed by atoms with Gasteiger partial charge in [0.25, 0.3) is 0 Å². The van der Waals surface area contributed by atoms with Crippen LogP contribution >= 0.6 is 0 Å². The first kappa shape index (κ1) is 17.4. The van der Waals surface area contributed by atoms with Gasteiger partial charge in [0.05, 0.1) is 6.10 Å². The van der Waals surface area contributed by atoms with Crippen molar-refractivity contribution in [1.29, 1.82) is 0 Å². The van der Waals surface area contributed by atoms with Crippen molar-refractivity contribution in [2.24, 2.45) is 0 Å². The Balaban J connectivity index is 2.03. The summed E-state index contributed by atoms with van der Waals surface area (Å²) in [4.78, 5) is 0. The lowest BCUT2D eigenvalue weighted by molar-refractivity contribution is 0.107. The van der Waals surface area contributed by atoms with Crippen molar-refractivity contribution < 1.29 is 13.2 Å². The van der Waals surface area contributed by atoms with Crippen molar-refractivity contribution >= 4 is 16.1 Å². The van der Waals surface area contributed by atoms with Crippen LogP contribution in [0.5, 0.6) is 0 Å². The predicted octanol–water partition coefficient (Wildman–Crippen LogP) is 3.27. The van der Waals surface area contributed by atoms with Crippen LogP contribution in [-0.2, 0) is 14.8 Å². The number of ether oxygens (including phenoxy) is 1. The van der Waals surface area contributed by atoms with Crippen molar-refractivity contribution in [3.05, 3.63) is 76.7 Å². The summed E-state index contributed by atoms with van der Waals surface area (Å²) in [7, 11) is -1.94. The second-order valence-electron chi connectivity index (χ2n) is 5.19. The number of methoxy groups -OCH3 is 1. The van der Waals surface area contributed by atoms with E-state index in [1.807, 2.05) is 61.5 Å². The Morgan fingerprint density at radius 1 is 1.09 bits per heavy atom. The number of sulfonamides is 1. The Morgan fingerprint density at radius 3 is 2.39 bits per heavy atom. The third-order valence-electron chi connectivity index (χ3n) is 3.53. The lowest BCUT2D eigenvalue weighted by Crippen LogP contribution is -2.27. The average molecular weight is 331 g/mol. The fourth-order valence-corrected chi connectivity index (χ4v) is 3.06. The normalized spacial score (nSPS) is 13.3. The quantitative estimate of drug-likeness (QED) is 0.847. The molecular formula is C18H21NO3S. The van der Waals surface area contributed by atoms with Gasteiger partial charge in [-0.05, 0) is 29.7 Å². The van der Waals surface area contributed by atoms with Crippen molar-refractivity contribution in [3.8, 4) is 0 Å².